The monoisotopic (exact) mass is 284 g/mol. The van der Waals surface area contributed by atoms with Crippen LogP contribution in [0.5, 0.6) is 0 Å². The Balaban J connectivity index is 2.21. The number of hydrogen-bond donors (Lipinski definition) is 2. The summed E-state index contributed by atoms with van der Waals surface area (Å²) in [6.45, 7) is 4.13. The number of nitrogens with one attached hydrogen (secondary N) is 1. The van der Waals surface area contributed by atoms with Crippen LogP contribution in [0.2, 0.25) is 4.34 Å². The molecule has 0 spiro atoms. The quantitative estimate of drug-likeness (QED) is 0.904. The van der Waals surface area contributed by atoms with E-state index in [-0.39, 0.29) is 6.04 Å². The smallest absolute Gasteiger partial charge is 0.148 e. The van der Waals surface area contributed by atoms with E-state index in [4.69, 9.17) is 17.3 Å². The van der Waals surface area contributed by atoms with Gasteiger partial charge in [0, 0.05) is 11.9 Å². The number of anilines is 2. The Morgan fingerprint density at radius 2 is 2.28 bits per heavy atom. The molecule has 98 valence electrons. The van der Waals surface area contributed by atoms with Crippen molar-refractivity contribution in [3.8, 4) is 0 Å². The summed E-state index contributed by atoms with van der Waals surface area (Å²) in [7, 11) is 1.89. The van der Waals surface area contributed by atoms with Gasteiger partial charge in [0.1, 0.15) is 5.82 Å². The van der Waals surface area contributed by atoms with E-state index >= 15 is 0 Å². The zero-order valence-corrected chi connectivity index (χ0v) is 12.3. The van der Waals surface area contributed by atoms with Crippen molar-refractivity contribution in [1.82, 2.24) is 9.78 Å². The zero-order valence-electron chi connectivity index (χ0n) is 10.7. The van der Waals surface area contributed by atoms with Gasteiger partial charge in [-0.15, -0.1) is 11.3 Å². The van der Waals surface area contributed by atoms with Gasteiger partial charge in [0.15, 0.2) is 0 Å². The molecule has 0 radical (unpaired) electrons. The van der Waals surface area contributed by atoms with Gasteiger partial charge in [-0.1, -0.05) is 18.5 Å². The van der Waals surface area contributed by atoms with Crippen molar-refractivity contribution < 1.29 is 0 Å². The van der Waals surface area contributed by atoms with Crippen LogP contribution in [0.25, 0.3) is 0 Å². The van der Waals surface area contributed by atoms with E-state index in [9.17, 15) is 0 Å². The number of nitrogen functional groups attached to an aromatic ring is 1. The summed E-state index contributed by atoms with van der Waals surface area (Å²) in [6.07, 6.45) is 0.834. The minimum Gasteiger partial charge on any atom is -0.394 e. The van der Waals surface area contributed by atoms with Crippen molar-refractivity contribution in [2.45, 2.75) is 26.3 Å². The van der Waals surface area contributed by atoms with Crippen LogP contribution in [0.4, 0.5) is 11.5 Å². The maximum atomic E-state index is 6.08. The molecular weight excluding hydrogens is 268 g/mol. The van der Waals surface area contributed by atoms with Crippen LogP contribution in [0.3, 0.4) is 0 Å². The number of aromatic nitrogens is 2. The van der Waals surface area contributed by atoms with E-state index in [1.807, 2.05) is 26.1 Å². The SMILES string of the molecule is CCc1nn(C)c(NC(C)c2ccc(Cl)s2)c1N. The fraction of sp³-hybridized carbons (Fsp3) is 0.417. The van der Waals surface area contributed by atoms with Gasteiger partial charge in [0.05, 0.1) is 21.8 Å². The molecule has 1 unspecified atom stereocenters. The standard InChI is InChI=1S/C12H17ClN4S/c1-4-8-11(14)12(17(3)16-8)15-7(2)9-5-6-10(13)18-9/h5-7,15H,4,14H2,1-3H3. The van der Waals surface area contributed by atoms with E-state index in [0.717, 1.165) is 28.0 Å². The summed E-state index contributed by atoms with van der Waals surface area (Å²) in [5, 5.41) is 7.78. The Kier molecular flexibility index (Phi) is 3.82. The van der Waals surface area contributed by atoms with E-state index in [0.29, 0.717) is 0 Å². The minimum atomic E-state index is 0.157. The third kappa shape index (κ3) is 2.47. The largest absolute Gasteiger partial charge is 0.394 e. The number of aryl methyl sites for hydroxylation is 2. The van der Waals surface area contributed by atoms with Crippen LogP contribution >= 0.6 is 22.9 Å². The molecule has 0 saturated heterocycles. The molecule has 0 amide bonds. The van der Waals surface area contributed by atoms with Crippen LogP contribution < -0.4 is 11.1 Å². The molecule has 1 atom stereocenters. The van der Waals surface area contributed by atoms with E-state index in [2.05, 4.69) is 17.3 Å². The van der Waals surface area contributed by atoms with Crippen LogP contribution in [0.15, 0.2) is 12.1 Å². The molecule has 0 aliphatic heterocycles. The summed E-state index contributed by atoms with van der Waals surface area (Å²) in [6, 6.07) is 4.09. The second kappa shape index (κ2) is 5.20. The molecule has 18 heavy (non-hydrogen) atoms. The maximum absolute atomic E-state index is 6.08. The maximum Gasteiger partial charge on any atom is 0.148 e. The number of nitrogens with two attached hydrogens (primary N) is 1. The molecule has 0 fully saturated rings. The lowest BCUT2D eigenvalue weighted by Gasteiger charge is -2.14. The van der Waals surface area contributed by atoms with Gasteiger partial charge in [-0.3, -0.25) is 4.68 Å². The summed E-state index contributed by atoms with van der Waals surface area (Å²) >= 11 is 7.52. The van der Waals surface area contributed by atoms with Gasteiger partial charge < -0.3 is 11.1 Å². The molecule has 2 aromatic heterocycles. The van der Waals surface area contributed by atoms with Crippen molar-refractivity contribution in [1.29, 1.82) is 0 Å². The van der Waals surface area contributed by atoms with Crippen LogP contribution in [0, 0.1) is 0 Å². The Morgan fingerprint density at radius 1 is 1.56 bits per heavy atom. The number of hydrogen-bond acceptors (Lipinski definition) is 4. The van der Waals surface area contributed by atoms with E-state index in [1.165, 1.54) is 4.88 Å². The molecular formula is C12H17ClN4S. The average molecular weight is 285 g/mol. The summed E-state index contributed by atoms with van der Waals surface area (Å²) < 4.78 is 2.59. The number of halogens is 1. The molecule has 2 heterocycles. The molecule has 2 rings (SSSR count). The number of thiophene rings is 1. The first-order valence-electron chi connectivity index (χ1n) is 5.86. The van der Waals surface area contributed by atoms with Gasteiger partial charge >= 0.3 is 0 Å². The second-order valence-corrected chi connectivity index (χ2v) is 5.94. The highest BCUT2D eigenvalue weighted by atomic mass is 35.5. The van der Waals surface area contributed by atoms with Gasteiger partial charge in [-0.2, -0.15) is 5.10 Å². The lowest BCUT2D eigenvalue weighted by Crippen LogP contribution is -2.10. The fourth-order valence-electron chi connectivity index (χ4n) is 1.87. The van der Waals surface area contributed by atoms with Gasteiger partial charge in [-0.05, 0) is 25.5 Å². The Labute approximate surface area is 116 Å². The highest BCUT2D eigenvalue weighted by molar-refractivity contribution is 7.16. The fourth-order valence-corrected chi connectivity index (χ4v) is 2.93. The van der Waals surface area contributed by atoms with Crippen molar-refractivity contribution in [2.75, 3.05) is 11.1 Å². The Hall–Kier alpha value is -1.20. The summed E-state index contributed by atoms with van der Waals surface area (Å²) in [5.41, 5.74) is 7.74. The molecule has 0 aliphatic carbocycles. The second-order valence-electron chi connectivity index (χ2n) is 4.19. The highest BCUT2D eigenvalue weighted by Gasteiger charge is 2.15. The number of rotatable bonds is 4. The molecule has 6 heteroatoms. The first-order valence-corrected chi connectivity index (χ1v) is 7.05. The Bertz CT molecular complexity index is 546. The van der Waals surface area contributed by atoms with Crippen molar-refractivity contribution in [3.05, 3.63) is 27.0 Å². The van der Waals surface area contributed by atoms with Crippen LogP contribution in [-0.4, -0.2) is 9.78 Å². The highest BCUT2D eigenvalue weighted by Crippen LogP contribution is 2.31. The molecule has 0 aromatic carbocycles. The van der Waals surface area contributed by atoms with Crippen molar-refractivity contribution in [2.24, 2.45) is 7.05 Å². The van der Waals surface area contributed by atoms with Crippen molar-refractivity contribution in [3.63, 3.8) is 0 Å². The predicted molar refractivity (Wildman–Crippen MR) is 78.4 cm³/mol. The molecule has 2 aromatic rings. The van der Waals surface area contributed by atoms with Gasteiger partial charge in [0.2, 0.25) is 0 Å². The number of nitrogens with zero attached hydrogens (tertiary/aromatic N) is 2. The lowest BCUT2D eigenvalue weighted by molar-refractivity contribution is 0.736. The molecule has 3 N–H and O–H groups in total. The topological polar surface area (TPSA) is 55.9 Å². The van der Waals surface area contributed by atoms with Gasteiger partial charge in [0.25, 0.3) is 0 Å². The molecule has 4 nitrogen and oxygen atoms in total. The normalized spacial score (nSPS) is 12.7. The Morgan fingerprint density at radius 3 is 2.78 bits per heavy atom. The summed E-state index contributed by atoms with van der Waals surface area (Å²) in [5.74, 6) is 0.865. The minimum absolute atomic E-state index is 0.157. The third-order valence-corrected chi connectivity index (χ3v) is 4.28. The molecule has 0 bridgehead atoms. The molecule has 0 saturated carbocycles. The first kappa shape index (κ1) is 13.2. The van der Waals surface area contributed by atoms with Crippen LogP contribution in [0.1, 0.15) is 30.5 Å². The van der Waals surface area contributed by atoms with Gasteiger partial charge in [-0.25, -0.2) is 0 Å². The third-order valence-electron chi connectivity index (χ3n) is 2.87. The van der Waals surface area contributed by atoms with E-state index in [1.54, 1.807) is 16.0 Å². The van der Waals surface area contributed by atoms with E-state index < -0.39 is 0 Å². The average Bonchev–Trinajstić information content (AvgIpc) is 2.87. The predicted octanol–water partition coefficient (Wildman–Crippen LogP) is 3.45. The van der Waals surface area contributed by atoms with Crippen LogP contribution in [-0.2, 0) is 13.5 Å². The zero-order chi connectivity index (χ0) is 13.3. The lowest BCUT2D eigenvalue weighted by atomic mass is 10.2. The molecule has 0 aliphatic rings. The first-order chi connectivity index (χ1) is 8.52. The van der Waals surface area contributed by atoms with Crippen molar-refractivity contribution >= 4 is 34.4 Å². The summed E-state index contributed by atoms with van der Waals surface area (Å²) in [4.78, 5) is 1.18.